The summed E-state index contributed by atoms with van der Waals surface area (Å²) in [5.74, 6) is -3.88. The second-order valence-electron chi connectivity index (χ2n) is 12.4. The molecular weight excluding hydrogens is 484 g/mol. The summed E-state index contributed by atoms with van der Waals surface area (Å²) < 4.78 is 29.9. The summed E-state index contributed by atoms with van der Waals surface area (Å²) in [7, 11) is 0. The minimum absolute atomic E-state index is 0.0731. The number of hydrogen-bond donors (Lipinski definition) is 2. The number of carbonyl (C=O) groups excluding carboxylic acids is 3. The van der Waals surface area contributed by atoms with Gasteiger partial charge in [0.25, 0.3) is 0 Å². The zero-order valence-electron chi connectivity index (χ0n) is 21.0. The van der Waals surface area contributed by atoms with E-state index in [2.05, 4.69) is 0 Å². The van der Waals surface area contributed by atoms with E-state index in [0.717, 1.165) is 5.56 Å². The van der Waals surface area contributed by atoms with Crippen molar-refractivity contribution in [1.82, 2.24) is 0 Å². The second kappa shape index (κ2) is 6.72. The molecule has 0 radical (unpaired) electrons. The largest absolute Gasteiger partial charge is 0.459 e. The maximum Gasteiger partial charge on any atom is 0.343 e. The standard InChI is InChI=1S/C27H30O10/c1-12-19(29)35-17-16(28)25-15-10-14(23(2,3)4)24(25)18(33-11-13-8-6-5-7-9-13)20(30)36-22(24)37-27(25,21(31)34-15)26(12,17)32/h5-9,12,14-18,22,28,32H,10-11H2,1-4H3/t12-,14?,15?,16+,17+,18?,22?,24?,25?,26-,27+/m1/s1. The predicted octanol–water partition coefficient (Wildman–Crippen LogP) is 0.855. The number of esters is 3. The van der Waals surface area contributed by atoms with Crippen LogP contribution >= 0.6 is 0 Å². The summed E-state index contributed by atoms with van der Waals surface area (Å²) in [5, 5.41) is 24.3. The molecule has 4 saturated heterocycles. The maximum atomic E-state index is 13.8. The molecule has 2 spiro atoms. The molecule has 0 amide bonds. The molecule has 198 valence electrons. The Balaban J connectivity index is 1.47. The Labute approximate surface area is 213 Å². The van der Waals surface area contributed by atoms with E-state index in [1.165, 1.54) is 6.92 Å². The molecule has 10 nitrogen and oxygen atoms in total. The topological polar surface area (TPSA) is 138 Å². The van der Waals surface area contributed by atoms with Gasteiger partial charge in [-0.05, 0) is 30.2 Å². The highest BCUT2D eigenvalue weighted by atomic mass is 16.8. The van der Waals surface area contributed by atoms with Gasteiger partial charge in [-0.2, -0.15) is 0 Å². The van der Waals surface area contributed by atoms with Gasteiger partial charge in [0.15, 0.2) is 17.8 Å². The number of rotatable bonds is 3. The van der Waals surface area contributed by atoms with Crippen LogP contribution in [0.1, 0.15) is 39.7 Å². The molecule has 37 heavy (non-hydrogen) atoms. The fourth-order valence-electron chi connectivity index (χ4n) is 9.05. The van der Waals surface area contributed by atoms with E-state index >= 15 is 0 Å². The first-order chi connectivity index (χ1) is 17.4. The van der Waals surface area contributed by atoms with E-state index in [4.69, 9.17) is 23.7 Å². The van der Waals surface area contributed by atoms with Crippen molar-refractivity contribution in [3.05, 3.63) is 35.9 Å². The SMILES string of the molecule is C[C@@H]1C(=O)O[C@H]2[C@H](O)C34C5CC(C(C)(C)C)C36C(OC(=O)C6OCc3ccccc3)O[C@]4(C(=O)O5)[C@@]12O. The highest BCUT2D eigenvalue weighted by Crippen LogP contribution is 2.84. The Hall–Kier alpha value is -2.53. The first-order valence-electron chi connectivity index (χ1n) is 12.8. The number of ether oxygens (including phenoxy) is 5. The molecule has 1 aromatic carbocycles. The lowest BCUT2D eigenvalue weighted by Gasteiger charge is -2.48. The van der Waals surface area contributed by atoms with Crippen molar-refractivity contribution in [3.8, 4) is 0 Å². The van der Waals surface area contributed by atoms with Gasteiger partial charge in [-0.25, -0.2) is 9.59 Å². The Morgan fingerprint density at radius 3 is 2.43 bits per heavy atom. The van der Waals surface area contributed by atoms with Gasteiger partial charge in [-0.15, -0.1) is 0 Å². The van der Waals surface area contributed by atoms with Crippen molar-refractivity contribution in [3.63, 3.8) is 0 Å². The van der Waals surface area contributed by atoms with Crippen LogP contribution in [0, 0.1) is 28.1 Å². The summed E-state index contributed by atoms with van der Waals surface area (Å²) in [6, 6.07) is 9.31. The van der Waals surface area contributed by atoms with E-state index in [1.807, 2.05) is 51.1 Å². The Kier molecular flexibility index (Phi) is 4.28. The fraction of sp³-hybridized carbons (Fsp3) is 0.667. The van der Waals surface area contributed by atoms with Crippen LogP contribution in [0.4, 0.5) is 0 Å². The molecule has 0 aromatic heterocycles. The molecule has 7 rings (SSSR count). The van der Waals surface area contributed by atoms with Crippen LogP contribution in [0.2, 0.25) is 0 Å². The van der Waals surface area contributed by atoms with Crippen LogP contribution in [0.25, 0.3) is 0 Å². The number of aliphatic hydroxyl groups excluding tert-OH is 1. The average molecular weight is 515 g/mol. The lowest BCUT2D eigenvalue weighted by molar-refractivity contribution is -0.240. The van der Waals surface area contributed by atoms with Gasteiger partial charge < -0.3 is 33.9 Å². The first kappa shape index (κ1) is 23.6. The number of aliphatic hydroxyl groups is 2. The van der Waals surface area contributed by atoms with E-state index in [0.29, 0.717) is 6.42 Å². The van der Waals surface area contributed by atoms with Gasteiger partial charge >= 0.3 is 17.9 Å². The summed E-state index contributed by atoms with van der Waals surface area (Å²) in [6.07, 6.45) is -6.16. The minimum atomic E-state index is -2.23. The normalized spacial score (nSPS) is 50.9. The molecule has 4 heterocycles. The molecule has 2 saturated carbocycles. The van der Waals surface area contributed by atoms with Gasteiger partial charge in [0.1, 0.15) is 12.2 Å². The van der Waals surface area contributed by atoms with Crippen molar-refractivity contribution in [2.45, 2.75) is 82.6 Å². The summed E-state index contributed by atoms with van der Waals surface area (Å²) in [4.78, 5) is 39.9. The Morgan fingerprint density at radius 1 is 1.05 bits per heavy atom. The van der Waals surface area contributed by atoms with E-state index < -0.39 is 82.0 Å². The van der Waals surface area contributed by atoms with E-state index in [-0.39, 0.29) is 12.5 Å². The Bertz CT molecular complexity index is 1230. The van der Waals surface area contributed by atoms with Gasteiger partial charge in [-0.3, -0.25) is 4.79 Å². The fourth-order valence-corrected chi connectivity index (χ4v) is 9.05. The number of fused-ring (bicyclic) bond motifs is 1. The molecule has 11 atom stereocenters. The van der Waals surface area contributed by atoms with E-state index in [1.54, 1.807) is 0 Å². The lowest BCUT2D eigenvalue weighted by atomic mass is 9.51. The third kappa shape index (κ3) is 2.14. The van der Waals surface area contributed by atoms with Crippen molar-refractivity contribution >= 4 is 17.9 Å². The van der Waals surface area contributed by atoms with Gasteiger partial charge in [0.2, 0.25) is 11.9 Å². The van der Waals surface area contributed by atoms with Crippen LogP contribution in [-0.2, 0) is 44.7 Å². The smallest absolute Gasteiger partial charge is 0.343 e. The molecule has 6 unspecified atom stereocenters. The van der Waals surface area contributed by atoms with E-state index in [9.17, 15) is 24.6 Å². The molecule has 0 bridgehead atoms. The number of carbonyl (C=O) groups is 3. The van der Waals surface area contributed by atoms with Crippen LogP contribution in [0.15, 0.2) is 30.3 Å². The molecule has 6 fully saturated rings. The number of benzene rings is 1. The highest BCUT2D eigenvalue weighted by molar-refractivity contribution is 5.94. The third-order valence-electron chi connectivity index (χ3n) is 10.2. The molecule has 2 N–H and O–H groups in total. The zero-order chi connectivity index (χ0) is 26.3. The highest BCUT2D eigenvalue weighted by Gasteiger charge is 3.04. The Morgan fingerprint density at radius 2 is 1.76 bits per heavy atom. The molecule has 10 heteroatoms. The predicted molar refractivity (Wildman–Crippen MR) is 121 cm³/mol. The van der Waals surface area contributed by atoms with Crippen LogP contribution in [0.3, 0.4) is 0 Å². The minimum Gasteiger partial charge on any atom is -0.459 e. The van der Waals surface area contributed by atoms with Crippen molar-refractivity contribution in [2.75, 3.05) is 0 Å². The molecule has 2 aliphatic carbocycles. The summed E-state index contributed by atoms with van der Waals surface area (Å²) in [5.41, 5.74) is -7.12. The number of hydrogen-bond acceptors (Lipinski definition) is 10. The molecule has 1 aromatic rings. The third-order valence-corrected chi connectivity index (χ3v) is 10.2. The summed E-state index contributed by atoms with van der Waals surface area (Å²) >= 11 is 0. The van der Waals surface area contributed by atoms with Gasteiger partial charge in [-0.1, -0.05) is 51.1 Å². The maximum absolute atomic E-state index is 13.8. The van der Waals surface area contributed by atoms with Crippen LogP contribution in [0.5, 0.6) is 0 Å². The molecule has 4 aliphatic heterocycles. The van der Waals surface area contributed by atoms with Gasteiger partial charge in [0, 0.05) is 0 Å². The zero-order valence-corrected chi connectivity index (χ0v) is 21.0. The quantitative estimate of drug-likeness (QED) is 0.441. The average Bonchev–Trinajstić information content (AvgIpc) is 3.55. The second-order valence-corrected chi connectivity index (χ2v) is 12.4. The van der Waals surface area contributed by atoms with Gasteiger partial charge in [0.05, 0.1) is 23.4 Å². The first-order valence-corrected chi connectivity index (χ1v) is 12.8. The molecular formula is C27H30O10. The van der Waals surface area contributed by atoms with Crippen molar-refractivity contribution in [1.29, 1.82) is 0 Å². The van der Waals surface area contributed by atoms with Crippen LogP contribution in [-0.4, -0.2) is 70.0 Å². The summed E-state index contributed by atoms with van der Waals surface area (Å²) in [6.45, 7) is 7.52. The van der Waals surface area contributed by atoms with Crippen LogP contribution < -0.4 is 0 Å². The molecule has 6 aliphatic rings. The van der Waals surface area contributed by atoms with Crippen molar-refractivity contribution < 1.29 is 48.3 Å². The lowest BCUT2D eigenvalue weighted by Crippen LogP contribution is -2.67. The van der Waals surface area contributed by atoms with Crippen molar-refractivity contribution in [2.24, 2.45) is 28.1 Å². The monoisotopic (exact) mass is 514 g/mol.